The third kappa shape index (κ3) is 4.68. The molecule has 21 heavy (non-hydrogen) atoms. The molecule has 1 fully saturated rings. The first-order valence-corrected chi connectivity index (χ1v) is 8.67. The van der Waals surface area contributed by atoms with Crippen LogP contribution in [-0.4, -0.2) is 37.0 Å². The fraction of sp³-hybridized carbons (Fsp3) is 0.588. The van der Waals surface area contributed by atoms with Crippen LogP contribution in [-0.2, 0) is 4.79 Å². The van der Waals surface area contributed by atoms with E-state index in [1.165, 1.54) is 38.5 Å². The second kappa shape index (κ2) is 7.76. The normalized spacial score (nSPS) is 18.8. The summed E-state index contributed by atoms with van der Waals surface area (Å²) in [6, 6.07) is 4.01. The minimum Gasteiger partial charge on any atom is -0.351 e. The molecule has 1 aliphatic rings. The molecule has 2 rings (SSSR count). The summed E-state index contributed by atoms with van der Waals surface area (Å²) in [5.74, 6) is 0.00821. The van der Waals surface area contributed by atoms with Gasteiger partial charge in [-0.15, -0.1) is 11.3 Å². The van der Waals surface area contributed by atoms with Crippen molar-refractivity contribution in [3.05, 3.63) is 28.5 Å². The number of nitrogens with one attached hydrogen (secondary N) is 1. The minimum absolute atomic E-state index is 0.00821. The molecule has 0 saturated heterocycles. The van der Waals surface area contributed by atoms with Crippen molar-refractivity contribution in [1.82, 2.24) is 10.2 Å². The largest absolute Gasteiger partial charge is 0.351 e. The van der Waals surface area contributed by atoms with Crippen LogP contribution in [0.1, 0.15) is 43.4 Å². The van der Waals surface area contributed by atoms with Crippen molar-refractivity contribution in [3.8, 4) is 0 Å². The van der Waals surface area contributed by atoms with E-state index in [-0.39, 0.29) is 11.4 Å². The summed E-state index contributed by atoms with van der Waals surface area (Å²) in [5, 5.41) is 5.12. The lowest BCUT2D eigenvalue weighted by atomic mass is 9.88. The highest BCUT2D eigenvalue weighted by molar-refractivity contribution is 7.10. The molecule has 1 heterocycles. The van der Waals surface area contributed by atoms with E-state index in [0.29, 0.717) is 0 Å². The summed E-state index contributed by atoms with van der Waals surface area (Å²) in [5.41, 5.74) is 0.128. The average Bonchev–Trinajstić information content (AvgIpc) is 2.87. The minimum atomic E-state index is 0.00821. The second-order valence-electron chi connectivity index (χ2n) is 6.10. The molecule has 0 spiro atoms. The number of likely N-dealkylation sites (N-methyl/N-ethyl adjacent to an activating group) is 1. The fourth-order valence-corrected chi connectivity index (χ4v) is 3.64. The van der Waals surface area contributed by atoms with Gasteiger partial charge in [-0.3, -0.25) is 4.79 Å². The van der Waals surface area contributed by atoms with Gasteiger partial charge in [0.15, 0.2) is 0 Å². The number of carbonyl (C=O) groups is 1. The number of hydrogen-bond donors (Lipinski definition) is 1. The number of rotatable bonds is 5. The summed E-state index contributed by atoms with van der Waals surface area (Å²) in [7, 11) is 4.28. The Kier molecular flexibility index (Phi) is 6.00. The van der Waals surface area contributed by atoms with Crippen molar-refractivity contribution < 1.29 is 4.79 Å². The lowest BCUT2D eigenvalue weighted by Crippen LogP contribution is -2.52. The molecular formula is C17H26N2OS. The van der Waals surface area contributed by atoms with Gasteiger partial charge >= 0.3 is 0 Å². The number of hydrogen-bond acceptors (Lipinski definition) is 3. The van der Waals surface area contributed by atoms with Gasteiger partial charge in [0.1, 0.15) is 0 Å². The molecule has 0 radical (unpaired) electrons. The first-order valence-electron chi connectivity index (χ1n) is 7.79. The van der Waals surface area contributed by atoms with Gasteiger partial charge in [-0.25, -0.2) is 0 Å². The van der Waals surface area contributed by atoms with Crippen LogP contribution in [0.3, 0.4) is 0 Å². The van der Waals surface area contributed by atoms with Crippen molar-refractivity contribution >= 4 is 23.3 Å². The quantitative estimate of drug-likeness (QED) is 0.667. The Balaban J connectivity index is 1.90. The van der Waals surface area contributed by atoms with Crippen LogP contribution in [0, 0.1) is 0 Å². The van der Waals surface area contributed by atoms with Crippen molar-refractivity contribution in [2.75, 3.05) is 20.6 Å². The molecule has 1 aromatic rings. The Hall–Kier alpha value is -1.13. The van der Waals surface area contributed by atoms with E-state index in [2.05, 4.69) is 24.3 Å². The summed E-state index contributed by atoms with van der Waals surface area (Å²) in [6.07, 6.45) is 11.0. The van der Waals surface area contributed by atoms with Crippen LogP contribution < -0.4 is 5.32 Å². The van der Waals surface area contributed by atoms with Crippen LogP contribution in [0.5, 0.6) is 0 Å². The van der Waals surface area contributed by atoms with Crippen LogP contribution in [0.2, 0.25) is 0 Å². The van der Waals surface area contributed by atoms with Crippen LogP contribution >= 0.6 is 11.3 Å². The maximum Gasteiger partial charge on any atom is 0.244 e. The predicted molar refractivity (Wildman–Crippen MR) is 90.5 cm³/mol. The van der Waals surface area contributed by atoms with Gasteiger partial charge in [0.25, 0.3) is 0 Å². The van der Waals surface area contributed by atoms with Gasteiger partial charge in [0, 0.05) is 23.0 Å². The van der Waals surface area contributed by atoms with E-state index >= 15 is 0 Å². The lowest BCUT2D eigenvalue weighted by molar-refractivity contribution is -0.117. The fourth-order valence-electron chi connectivity index (χ4n) is 3.02. The summed E-state index contributed by atoms with van der Waals surface area (Å²) < 4.78 is 0. The number of thiophene rings is 1. The zero-order valence-electron chi connectivity index (χ0n) is 13.1. The molecule has 1 aromatic heterocycles. The number of nitrogens with zero attached hydrogens (tertiary/aromatic N) is 1. The topological polar surface area (TPSA) is 32.3 Å². The Bertz CT molecular complexity index is 457. The van der Waals surface area contributed by atoms with Crippen molar-refractivity contribution in [1.29, 1.82) is 0 Å². The van der Waals surface area contributed by atoms with Gasteiger partial charge in [0.2, 0.25) is 5.91 Å². The van der Waals surface area contributed by atoms with E-state index in [0.717, 1.165) is 11.4 Å². The molecule has 0 aliphatic heterocycles. The molecule has 0 atom stereocenters. The van der Waals surface area contributed by atoms with Crippen molar-refractivity contribution in [2.45, 2.75) is 44.1 Å². The third-order valence-electron chi connectivity index (χ3n) is 4.52. The Labute approximate surface area is 132 Å². The molecule has 1 amide bonds. The number of carbonyl (C=O) groups excluding carboxylic acids is 1. The smallest absolute Gasteiger partial charge is 0.244 e. The van der Waals surface area contributed by atoms with Gasteiger partial charge in [0.05, 0.1) is 0 Å². The monoisotopic (exact) mass is 306 g/mol. The molecule has 0 unspecified atom stereocenters. The molecular weight excluding hydrogens is 280 g/mol. The third-order valence-corrected chi connectivity index (χ3v) is 5.35. The van der Waals surface area contributed by atoms with E-state index in [4.69, 9.17) is 0 Å². The highest BCUT2D eigenvalue weighted by Crippen LogP contribution is 2.30. The van der Waals surface area contributed by atoms with Gasteiger partial charge in [-0.2, -0.15) is 0 Å². The molecule has 4 heteroatoms. The summed E-state index contributed by atoms with van der Waals surface area (Å²) >= 11 is 1.64. The van der Waals surface area contributed by atoms with Gasteiger partial charge in [-0.1, -0.05) is 31.7 Å². The van der Waals surface area contributed by atoms with Crippen LogP contribution in [0.4, 0.5) is 0 Å². The Morgan fingerprint density at radius 2 is 2.05 bits per heavy atom. The van der Waals surface area contributed by atoms with Gasteiger partial charge in [-0.05, 0) is 44.5 Å². The van der Waals surface area contributed by atoms with Gasteiger partial charge < -0.3 is 10.2 Å². The molecule has 1 aliphatic carbocycles. The second-order valence-corrected chi connectivity index (χ2v) is 7.08. The first-order chi connectivity index (χ1) is 10.1. The standard InChI is InChI=1S/C17H26N2OS/c1-19(2)17(11-5-3-4-6-12-17)14-18-16(20)10-9-15-8-7-13-21-15/h7-10,13H,3-6,11-12,14H2,1-2H3,(H,18,20)/b10-9+. The maximum absolute atomic E-state index is 12.0. The van der Waals surface area contributed by atoms with Crippen LogP contribution in [0.25, 0.3) is 6.08 Å². The Morgan fingerprint density at radius 1 is 1.33 bits per heavy atom. The molecule has 1 N–H and O–H groups in total. The molecule has 0 aromatic carbocycles. The van der Waals surface area contributed by atoms with Crippen molar-refractivity contribution in [2.24, 2.45) is 0 Å². The van der Waals surface area contributed by atoms with E-state index < -0.39 is 0 Å². The predicted octanol–water partition coefficient (Wildman–Crippen LogP) is 3.53. The number of amides is 1. The summed E-state index contributed by atoms with van der Waals surface area (Å²) in [6.45, 7) is 0.744. The first kappa shape index (κ1) is 16.2. The van der Waals surface area contributed by atoms with Crippen molar-refractivity contribution in [3.63, 3.8) is 0 Å². The highest BCUT2D eigenvalue weighted by Gasteiger charge is 2.33. The van der Waals surface area contributed by atoms with E-state index in [1.54, 1.807) is 17.4 Å². The molecule has 116 valence electrons. The van der Waals surface area contributed by atoms with E-state index in [9.17, 15) is 4.79 Å². The van der Waals surface area contributed by atoms with Crippen LogP contribution in [0.15, 0.2) is 23.6 Å². The highest BCUT2D eigenvalue weighted by atomic mass is 32.1. The SMILES string of the molecule is CN(C)C1(CNC(=O)/C=C/c2cccs2)CCCCCC1. The van der Waals surface area contributed by atoms with E-state index in [1.807, 2.05) is 23.6 Å². The maximum atomic E-state index is 12.0. The summed E-state index contributed by atoms with van der Waals surface area (Å²) in [4.78, 5) is 15.4. The molecule has 0 bridgehead atoms. The Morgan fingerprint density at radius 3 is 2.62 bits per heavy atom. The molecule has 1 saturated carbocycles. The molecule has 3 nitrogen and oxygen atoms in total. The zero-order valence-corrected chi connectivity index (χ0v) is 13.9. The lowest BCUT2D eigenvalue weighted by Gasteiger charge is -2.39. The zero-order chi connectivity index (χ0) is 15.1. The average molecular weight is 306 g/mol.